The van der Waals surface area contributed by atoms with Gasteiger partial charge in [-0.25, -0.2) is 14.6 Å². The molecule has 4 bridgehead atoms. The van der Waals surface area contributed by atoms with Gasteiger partial charge in [0.1, 0.15) is 17.0 Å². The summed E-state index contributed by atoms with van der Waals surface area (Å²) in [4.78, 5) is 44.7. The van der Waals surface area contributed by atoms with Gasteiger partial charge in [0.05, 0.1) is 66.2 Å². The van der Waals surface area contributed by atoms with Gasteiger partial charge >= 0.3 is 25.5 Å². The lowest BCUT2D eigenvalue weighted by Crippen LogP contribution is -2.64. The number of esters is 2. The maximum absolute atomic E-state index is 14.3. The van der Waals surface area contributed by atoms with Crippen molar-refractivity contribution < 1.29 is 52.1 Å². The van der Waals surface area contributed by atoms with E-state index in [1.165, 1.54) is 0 Å². The van der Waals surface area contributed by atoms with Crippen LogP contribution < -0.4 is 15.4 Å². The Morgan fingerprint density at radius 3 is 2.07 bits per heavy atom. The Balaban J connectivity index is 1.14. The topological polar surface area (TPSA) is 199 Å². The van der Waals surface area contributed by atoms with Crippen LogP contribution in [0, 0.1) is 23.2 Å². The smallest absolute Gasteiger partial charge is 0.358 e. The second kappa shape index (κ2) is 20.4. The number of benzene rings is 1. The monoisotopic (exact) mass is 1030 g/mol. The molecule has 1 aromatic carbocycles. The summed E-state index contributed by atoms with van der Waals surface area (Å²) in [6.45, 7) is 31.5. The predicted molar refractivity (Wildman–Crippen MR) is 280 cm³/mol. The third kappa shape index (κ3) is 14.0. The summed E-state index contributed by atoms with van der Waals surface area (Å²) in [5, 5.41) is 22.3. The molecule has 404 valence electrons. The van der Waals surface area contributed by atoms with Crippen molar-refractivity contribution in [2.24, 2.45) is 16.2 Å². The number of aromatic carboxylic acids is 1. The molecule has 3 heterocycles. The zero-order valence-corrected chi connectivity index (χ0v) is 47.3. The molecule has 17 heteroatoms. The van der Waals surface area contributed by atoms with E-state index in [0.717, 1.165) is 55.3 Å². The number of nitrogens with one attached hydrogen (secondary N) is 2. The fourth-order valence-corrected chi connectivity index (χ4v) is 15.6. The van der Waals surface area contributed by atoms with Crippen molar-refractivity contribution in [1.29, 1.82) is 0 Å². The third-order valence-corrected chi connectivity index (χ3v) is 16.4. The van der Waals surface area contributed by atoms with Crippen LogP contribution in [0.2, 0.25) is 0 Å². The number of ether oxygens (including phenoxy) is 4. The second-order valence-corrected chi connectivity index (χ2v) is 28.3. The first-order valence-corrected chi connectivity index (χ1v) is 27.9. The van der Waals surface area contributed by atoms with Crippen molar-refractivity contribution in [1.82, 2.24) is 25.4 Å². The van der Waals surface area contributed by atoms with E-state index in [2.05, 4.69) is 29.2 Å². The van der Waals surface area contributed by atoms with Crippen LogP contribution >= 0.6 is 7.60 Å². The molecule has 4 saturated carbocycles. The van der Waals surface area contributed by atoms with E-state index in [4.69, 9.17) is 38.1 Å². The highest BCUT2D eigenvalue weighted by Crippen LogP contribution is 2.72. The van der Waals surface area contributed by atoms with E-state index < -0.39 is 48.0 Å². The standard InChI is InChI=1S/C56H84N5O11P/c1-36-40(27-59-61(36)35-55-30-53(14)29-54(15,31-55)33-56(32-53,34-55)68-25-23-57-28-43(62)69-49(2,3)4)37-17-19-41(60-45(37)48(65)70-50(5,6)7)46-44-38(21-22-58-46)42(20-18-39(44)47(63)64)67-24-16-26-73(66,71-51(8,9)10)72-52(11,12)13/h17-20,27,46,57-58H,16,21-26,28-35H2,1-15H3,(H,63,64). The van der Waals surface area contributed by atoms with Crippen LogP contribution in [0.1, 0.15) is 191 Å². The van der Waals surface area contributed by atoms with Crippen LogP contribution in [0.4, 0.5) is 0 Å². The van der Waals surface area contributed by atoms with Gasteiger partial charge in [0.25, 0.3) is 0 Å². The molecule has 2 aromatic heterocycles. The highest BCUT2D eigenvalue weighted by Gasteiger charge is 2.66. The number of hydrogen-bond acceptors (Lipinski definition) is 14. The van der Waals surface area contributed by atoms with Gasteiger partial charge in [0.2, 0.25) is 0 Å². The van der Waals surface area contributed by atoms with Crippen LogP contribution in [0.15, 0.2) is 30.5 Å². The molecule has 1 aliphatic heterocycles. The summed E-state index contributed by atoms with van der Waals surface area (Å²) in [6, 6.07) is 6.23. The van der Waals surface area contributed by atoms with Crippen LogP contribution in [-0.4, -0.2) is 105 Å². The van der Waals surface area contributed by atoms with Crippen LogP contribution in [0.25, 0.3) is 11.1 Å². The summed E-state index contributed by atoms with van der Waals surface area (Å²) in [5.74, 6) is -1.47. The minimum absolute atomic E-state index is 0.0693. The zero-order valence-electron chi connectivity index (χ0n) is 46.4. The first-order valence-electron chi connectivity index (χ1n) is 26.2. The number of aromatic nitrogens is 3. The van der Waals surface area contributed by atoms with Gasteiger partial charge in [0.15, 0.2) is 5.69 Å². The van der Waals surface area contributed by atoms with E-state index in [-0.39, 0.29) is 58.4 Å². The van der Waals surface area contributed by atoms with Crippen molar-refractivity contribution in [3.8, 4) is 16.9 Å². The van der Waals surface area contributed by atoms with Gasteiger partial charge in [0, 0.05) is 42.0 Å². The number of carbonyl (C=O) groups is 3. The average molecular weight is 1030 g/mol. The Morgan fingerprint density at radius 1 is 0.822 bits per heavy atom. The zero-order chi connectivity index (χ0) is 53.8. The molecule has 3 atom stereocenters. The molecule has 8 rings (SSSR count). The molecule has 4 aliphatic carbocycles. The highest BCUT2D eigenvalue weighted by atomic mass is 31.2. The number of carbonyl (C=O) groups excluding carboxylic acids is 2. The number of fused-ring (bicyclic) bond motifs is 1. The number of rotatable bonds is 19. The van der Waals surface area contributed by atoms with E-state index >= 15 is 0 Å². The van der Waals surface area contributed by atoms with Crippen molar-refractivity contribution >= 4 is 25.5 Å². The van der Waals surface area contributed by atoms with Crippen LogP contribution in [-0.2, 0) is 45.6 Å². The number of pyridine rings is 1. The largest absolute Gasteiger partial charge is 0.493 e. The van der Waals surface area contributed by atoms with E-state index in [1.54, 1.807) is 12.1 Å². The first-order chi connectivity index (χ1) is 33.6. The Hall–Kier alpha value is -4.18. The van der Waals surface area contributed by atoms with E-state index in [0.29, 0.717) is 61.7 Å². The minimum atomic E-state index is -3.50. The minimum Gasteiger partial charge on any atom is -0.493 e. The summed E-state index contributed by atoms with van der Waals surface area (Å²) in [5.41, 5.74) is 1.22. The molecule has 3 aromatic rings. The normalized spacial score (nSPS) is 25.1. The van der Waals surface area contributed by atoms with Gasteiger partial charge < -0.3 is 43.7 Å². The summed E-state index contributed by atoms with van der Waals surface area (Å²) in [6.07, 6.45) is 8.98. The summed E-state index contributed by atoms with van der Waals surface area (Å²) >= 11 is 0. The lowest BCUT2D eigenvalue weighted by atomic mass is 9.39. The van der Waals surface area contributed by atoms with Crippen LogP contribution in [0.3, 0.4) is 0 Å². The van der Waals surface area contributed by atoms with E-state index in [9.17, 15) is 24.1 Å². The molecule has 73 heavy (non-hydrogen) atoms. The lowest BCUT2D eigenvalue weighted by Gasteiger charge is -2.69. The molecule has 3 N–H and O–H groups in total. The molecular formula is C56H84N5O11P. The molecule has 3 unspecified atom stereocenters. The fraction of sp³-hybridized carbons (Fsp3) is 0.696. The highest BCUT2D eigenvalue weighted by molar-refractivity contribution is 7.53. The predicted octanol–water partition coefficient (Wildman–Crippen LogP) is 10.8. The molecule has 0 spiro atoms. The molecule has 0 radical (unpaired) electrons. The molecule has 5 aliphatic rings. The molecule has 4 fully saturated rings. The van der Waals surface area contributed by atoms with Gasteiger partial charge in [-0.1, -0.05) is 13.8 Å². The second-order valence-electron chi connectivity index (χ2n) is 26.3. The van der Waals surface area contributed by atoms with Crippen molar-refractivity contribution in [3.63, 3.8) is 0 Å². The summed E-state index contributed by atoms with van der Waals surface area (Å²) in [7, 11) is -3.50. The van der Waals surface area contributed by atoms with Gasteiger partial charge in [-0.2, -0.15) is 5.10 Å². The number of carboxylic acids is 1. The Morgan fingerprint density at radius 2 is 1.47 bits per heavy atom. The van der Waals surface area contributed by atoms with Gasteiger partial charge in [-0.05, 0) is 187 Å². The Labute approximate surface area is 433 Å². The Kier molecular flexibility index (Phi) is 15.8. The van der Waals surface area contributed by atoms with Gasteiger partial charge in [-0.15, -0.1) is 0 Å². The first kappa shape index (κ1) is 56.5. The van der Waals surface area contributed by atoms with Crippen molar-refractivity contribution in [2.75, 3.05) is 39.0 Å². The number of nitrogens with zero attached hydrogens (tertiary/aromatic N) is 3. The Bertz CT molecular complexity index is 2560. The van der Waals surface area contributed by atoms with E-state index in [1.807, 2.05) is 108 Å². The van der Waals surface area contributed by atoms with Crippen LogP contribution in [0.5, 0.6) is 5.75 Å². The fourth-order valence-electron chi connectivity index (χ4n) is 13.2. The maximum atomic E-state index is 14.3. The molecule has 0 saturated heterocycles. The van der Waals surface area contributed by atoms with Crippen molar-refractivity contribution in [3.05, 3.63) is 64.2 Å². The maximum Gasteiger partial charge on any atom is 0.358 e. The average Bonchev–Trinajstić information content (AvgIpc) is 3.55. The van der Waals surface area contributed by atoms with Crippen molar-refractivity contribution in [2.45, 2.75) is 196 Å². The quantitative estimate of drug-likeness (QED) is 0.0582. The summed E-state index contributed by atoms with van der Waals surface area (Å²) < 4.78 is 52.7. The third-order valence-electron chi connectivity index (χ3n) is 13.9. The molecule has 16 nitrogen and oxygen atoms in total. The number of carboxylic acid groups (broad SMARTS) is 1. The SMILES string of the molecule is Cc1c(-c2ccc(C3NCCc4c(OCCCP(=O)(OC(C)(C)C)OC(C)(C)C)ccc(C(=O)O)c43)nc2C(=O)OC(C)(C)C)cnn1CC12CC3(C)CC(C)(C1)CC(OCCNCC(=O)OC(C)(C)C)(C3)C2. The molecular weight excluding hydrogens is 950 g/mol. The lowest BCUT2D eigenvalue weighted by molar-refractivity contribution is -0.247. The molecule has 0 amide bonds. The number of hydrogen-bond donors (Lipinski definition) is 3. The van der Waals surface area contributed by atoms with Gasteiger partial charge in [-0.3, -0.25) is 14.0 Å².